The second-order valence-electron chi connectivity index (χ2n) is 5.96. The minimum Gasteiger partial charge on any atom is -0.383 e. The summed E-state index contributed by atoms with van der Waals surface area (Å²) in [7, 11) is 4.18. The minimum atomic E-state index is 1.06. The van der Waals surface area contributed by atoms with Gasteiger partial charge in [-0.25, -0.2) is 0 Å². The molecule has 120 valence electrons. The Morgan fingerprint density at radius 1 is 0.952 bits per heavy atom. The van der Waals surface area contributed by atoms with E-state index in [0.717, 1.165) is 11.0 Å². The molecular formula is C18H31BrN2. The van der Waals surface area contributed by atoms with Crippen LogP contribution in [-0.2, 0) is 0 Å². The lowest BCUT2D eigenvalue weighted by Gasteiger charge is -2.19. The van der Waals surface area contributed by atoms with Gasteiger partial charge in [0, 0.05) is 25.1 Å². The van der Waals surface area contributed by atoms with Crippen molar-refractivity contribution in [1.82, 2.24) is 0 Å². The first-order chi connectivity index (χ1) is 10.1. The Labute approximate surface area is 139 Å². The summed E-state index contributed by atoms with van der Waals surface area (Å²) < 4.78 is 1.13. The van der Waals surface area contributed by atoms with Gasteiger partial charge in [-0.15, -0.1) is 0 Å². The molecule has 0 aliphatic heterocycles. The Kier molecular flexibility index (Phi) is 9.56. The summed E-state index contributed by atoms with van der Waals surface area (Å²) >= 11 is 3.55. The van der Waals surface area contributed by atoms with Gasteiger partial charge in [0.15, 0.2) is 0 Å². The molecule has 0 aliphatic carbocycles. The molecule has 0 unspecified atom stereocenters. The van der Waals surface area contributed by atoms with Crippen molar-refractivity contribution in [3.8, 4) is 0 Å². The number of nitrogens with one attached hydrogen (secondary N) is 1. The van der Waals surface area contributed by atoms with Crippen molar-refractivity contribution < 1.29 is 0 Å². The van der Waals surface area contributed by atoms with Crippen molar-refractivity contribution in [2.45, 2.75) is 58.3 Å². The Morgan fingerprint density at radius 3 is 2.19 bits per heavy atom. The quantitative estimate of drug-likeness (QED) is 0.485. The van der Waals surface area contributed by atoms with Gasteiger partial charge in [0.1, 0.15) is 0 Å². The fourth-order valence-electron chi connectivity index (χ4n) is 2.52. The van der Waals surface area contributed by atoms with Crippen LogP contribution in [0.1, 0.15) is 58.3 Å². The van der Waals surface area contributed by atoms with E-state index in [0.29, 0.717) is 0 Å². The van der Waals surface area contributed by atoms with E-state index in [1.54, 1.807) is 0 Å². The summed E-state index contributed by atoms with van der Waals surface area (Å²) in [4.78, 5) is 2.16. The van der Waals surface area contributed by atoms with Crippen LogP contribution in [-0.4, -0.2) is 20.6 Å². The molecule has 21 heavy (non-hydrogen) atoms. The summed E-state index contributed by atoms with van der Waals surface area (Å²) in [5, 5.41) is 3.57. The highest BCUT2D eigenvalue weighted by molar-refractivity contribution is 9.10. The van der Waals surface area contributed by atoms with Crippen LogP contribution < -0.4 is 10.2 Å². The zero-order valence-electron chi connectivity index (χ0n) is 13.9. The number of halogens is 1. The summed E-state index contributed by atoms with van der Waals surface area (Å²) in [6, 6.07) is 6.41. The van der Waals surface area contributed by atoms with Gasteiger partial charge in [-0.2, -0.15) is 0 Å². The normalized spacial score (nSPS) is 10.7. The van der Waals surface area contributed by atoms with Crippen LogP contribution in [0, 0.1) is 0 Å². The highest BCUT2D eigenvalue weighted by Crippen LogP contribution is 2.28. The molecule has 0 fully saturated rings. The Bertz CT molecular complexity index is 391. The van der Waals surface area contributed by atoms with Gasteiger partial charge in [-0.05, 0) is 24.6 Å². The second-order valence-corrected chi connectivity index (χ2v) is 6.87. The molecule has 1 aromatic carbocycles. The van der Waals surface area contributed by atoms with Crippen molar-refractivity contribution in [1.29, 1.82) is 0 Å². The molecular weight excluding hydrogens is 324 g/mol. The lowest BCUT2D eigenvalue weighted by atomic mass is 10.1. The number of anilines is 2. The first-order valence-electron chi connectivity index (χ1n) is 8.36. The zero-order valence-corrected chi connectivity index (χ0v) is 15.5. The van der Waals surface area contributed by atoms with Crippen molar-refractivity contribution in [3.63, 3.8) is 0 Å². The molecule has 3 heteroatoms. The van der Waals surface area contributed by atoms with Crippen LogP contribution in [0.2, 0.25) is 0 Å². The number of benzene rings is 1. The van der Waals surface area contributed by atoms with Crippen molar-refractivity contribution in [2.75, 3.05) is 30.9 Å². The van der Waals surface area contributed by atoms with Gasteiger partial charge < -0.3 is 10.2 Å². The Balaban J connectivity index is 2.19. The third-order valence-corrected chi connectivity index (χ3v) is 4.28. The van der Waals surface area contributed by atoms with E-state index in [9.17, 15) is 0 Å². The predicted molar refractivity (Wildman–Crippen MR) is 99.6 cm³/mol. The number of hydrogen-bond acceptors (Lipinski definition) is 2. The number of hydrogen-bond donors (Lipinski definition) is 1. The Hall–Kier alpha value is -0.700. The molecule has 0 atom stereocenters. The van der Waals surface area contributed by atoms with Crippen LogP contribution in [0.25, 0.3) is 0 Å². The first kappa shape index (κ1) is 18.3. The Morgan fingerprint density at radius 2 is 1.57 bits per heavy atom. The molecule has 0 heterocycles. The SMILES string of the molecule is CCCCCCCCCCNc1cc(Br)ccc1N(C)C. The predicted octanol–water partition coefficient (Wildman–Crippen LogP) is 6.07. The molecule has 0 radical (unpaired) electrons. The summed E-state index contributed by atoms with van der Waals surface area (Å²) in [6.45, 7) is 3.34. The van der Waals surface area contributed by atoms with Crippen molar-refractivity contribution in [2.24, 2.45) is 0 Å². The van der Waals surface area contributed by atoms with Gasteiger partial charge >= 0.3 is 0 Å². The monoisotopic (exact) mass is 354 g/mol. The topological polar surface area (TPSA) is 15.3 Å². The summed E-state index contributed by atoms with van der Waals surface area (Å²) in [6.07, 6.45) is 10.9. The maximum absolute atomic E-state index is 3.57. The number of nitrogens with zero attached hydrogens (tertiary/aromatic N) is 1. The van der Waals surface area contributed by atoms with Crippen LogP contribution in [0.15, 0.2) is 22.7 Å². The third kappa shape index (κ3) is 7.75. The molecule has 0 saturated carbocycles. The number of rotatable bonds is 11. The molecule has 0 spiro atoms. The average molecular weight is 355 g/mol. The second kappa shape index (κ2) is 10.9. The van der Waals surface area contributed by atoms with Crippen LogP contribution in [0.5, 0.6) is 0 Å². The van der Waals surface area contributed by atoms with Crippen LogP contribution in [0.4, 0.5) is 11.4 Å². The molecule has 1 N–H and O–H groups in total. The van der Waals surface area contributed by atoms with Crippen LogP contribution >= 0.6 is 15.9 Å². The zero-order chi connectivity index (χ0) is 15.5. The molecule has 0 saturated heterocycles. The van der Waals surface area contributed by atoms with Gasteiger partial charge in [0.05, 0.1) is 11.4 Å². The van der Waals surface area contributed by atoms with E-state index in [1.807, 2.05) is 0 Å². The average Bonchev–Trinajstić information content (AvgIpc) is 2.45. The lowest BCUT2D eigenvalue weighted by Crippen LogP contribution is -2.12. The molecule has 0 aromatic heterocycles. The standard InChI is InChI=1S/C18H31BrN2/c1-4-5-6-7-8-9-10-11-14-20-17-15-16(19)12-13-18(17)21(2)3/h12-13,15,20H,4-11,14H2,1-3H3. The fourth-order valence-corrected chi connectivity index (χ4v) is 2.88. The maximum Gasteiger partial charge on any atom is 0.0597 e. The molecule has 0 amide bonds. The van der Waals surface area contributed by atoms with E-state index in [2.05, 4.69) is 65.4 Å². The van der Waals surface area contributed by atoms with Gasteiger partial charge in [-0.3, -0.25) is 0 Å². The smallest absolute Gasteiger partial charge is 0.0597 e. The van der Waals surface area contributed by atoms with E-state index < -0.39 is 0 Å². The summed E-state index contributed by atoms with van der Waals surface area (Å²) in [5.74, 6) is 0. The first-order valence-corrected chi connectivity index (χ1v) is 9.15. The molecule has 0 aliphatic rings. The minimum absolute atomic E-state index is 1.06. The fraction of sp³-hybridized carbons (Fsp3) is 0.667. The highest BCUT2D eigenvalue weighted by Gasteiger charge is 2.04. The maximum atomic E-state index is 3.57. The van der Waals surface area contributed by atoms with Gasteiger partial charge in [-0.1, -0.05) is 67.8 Å². The highest BCUT2D eigenvalue weighted by atomic mass is 79.9. The van der Waals surface area contributed by atoms with Crippen LogP contribution in [0.3, 0.4) is 0 Å². The van der Waals surface area contributed by atoms with Crippen molar-refractivity contribution >= 4 is 27.3 Å². The van der Waals surface area contributed by atoms with E-state index in [4.69, 9.17) is 0 Å². The van der Waals surface area contributed by atoms with E-state index in [-0.39, 0.29) is 0 Å². The molecule has 2 nitrogen and oxygen atoms in total. The number of unbranched alkanes of at least 4 members (excludes halogenated alkanes) is 7. The third-order valence-electron chi connectivity index (χ3n) is 3.79. The summed E-state index contributed by atoms with van der Waals surface area (Å²) in [5.41, 5.74) is 2.47. The van der Waals surface area contributed by atoms with E-state index >= 15 is 0 Å². The lowest BCUT2D eigenvalue weighted by molar-refractivity contribution is 0.581. The van der Waals surface area contributed by atoms with Gasteiger partial charge in [0.2, 0.25) is 0 Å². The molecule has 1 rings (SSSR count). The van der Waals surface area contributed by atoms with Gasteiger partial charge in [0.25, 0.3) is 0 Å². The molecule has 0 bridgehead atoms. The largest absolute Gasteiger partial charge is 0.383 e. The van der Waals surface area contributed by atoms with Crippen molar-refractivity contribution in [3.05, 3.63) is 22.7 Å². The van der Waals surface area contributed by atoms with E-state index in [1.165, 1.54) is 62.7 Å². The molecule has 1 aromatic rings.